The van der Waals surface area contributed by atoms with Crippen LogP contribution in [0.5, 0.6) is 0 Å². The molecule has 6 heteroatoms. The second-order valence-corrected chi connectivity index (χ2v) is 2.77. The average molecular weight is 198 g/mol. The van der Waals surface area contributed by atoms with Gasteiger partial charge in [0.15, 0.2) is 0 Å². The third-order valence-electron chi connectivity index (χ3n) is 1.46. The average Bonchev–Trinajstić information content (AvgIpc) is 2.48. The summed E-state index contributed by atoms with van der Waals surface area (Å²) in [5, 5.41) is 14.3. The lowest BCUT2D eigenvalue weighted by Gasteiger charge is -1.97. The Kier molecular flexibility index (Phi) is 3.22. The number of amides is 1. The van der Waals surface area contributed by atoms with E-state index in [1.807, 2.05) is 0 Å². The zero-order valence-electron chi connectivity index (χ0n) is 7.61. The Morgan fingerprint density at radius 2 is 2.29 bits per heavy atom. The van der Waals surface area contributed by atoms with Gasteiger partial charge in [-0.25, -0.2) is 0 Å². The highest BCUT2D eigenvalue weighted by Crippen LogP contribution is 2.08. The molecule has 0 unspecified atom stereocenters. The summed E-state index contributed by atoms with van der Waals surface area (Å²) in [6.07, 6.45) is -0.270. The number of carboxylic acids is 1. The highest BCUT2D eigenvalue weighted by atomic mass is 16.5. The first-order valence-electron chi connectivity index (χ1n) is 4.03. The van der Waals surface area contributed by atoms with Crippen molar-refractivity contribution in [1.82, 2.24) is 5.16 Å². The van der Waals surface area contributed by atoms with E-state index in [-0.39, 0.29) is 18.7 Å². The number of carboxylic acid groups (broad SMARTS) is 1. The van der Waals surface area contributed by atoms with E-state index < -0.39 is 11.9 Å². The molecule has 2 N–H and O–H groups in total. The maximum atomic E-state index is 11.1. The van der Waals surface area contributed by atoms with Gasteiger partial charge in [-0.1, -0.05) is 5.16 Å². The van der Waals surface area contributed by atoms with Crippen LogP contribution < -0.4 is 5.32 Å². The molecule has 76 valence electrons. The van der Waals surface area contributed by atoms with Gasteiger partial charge in [0.05, 0.1) is 12.1 Å². The van der Waals surface area contributed by atoms with Crippen molar-refractivity contribution in [2.45, 2.75) is 19.8 Å². The molecule has 0 aliphatic heterocycles. The van der Waals surface area contributed by atoms with Gasteiger partial charge in [-0.15, -0.1) is 0 Å². The maximum Gasteiger partial charge on any atom is 0.303 e. The van der Waals surface area contributed by atoms with E-state index in [2.05, 4.69) is 10.5 Å². The summed E-state index contributed by atoms with van der Waals surface area (Å²) in [5.41, 5.74) is 0.651. The molecule has 0 spiro atoms. The topological polar surface area (TPSA) is 92.4 Å². The lowest BCUT2D eigenvalue weighted by Crippen LogP contribution is -2.12. The third kappa shape index (κ3) is 3.26. The fraction of sp³-hybridized carbons (Fsp3) is 0.375. The molecule has 0 radical (unpaired) electrons. The number of rotatable bonds is 4. The molecular weight excluding hydrogens is 188 g/mol. The van der Waals surface area contributed by atoms with Gasteiger partial charge < -0.3 is 9.63 Å². The van der Waals surface area contributed by atoms with E-state index in [1.54, 1.807) is 13.0 Å². The number of carbonyl (C=O) groups is 2. The summed E-state index contributed by atoms with van der Waals surface area (Å²) in [4.78, 5) is 21.2. The van der Waals surface area contributed by atoms with Crippen molar-refractivity contribution >= 4 is 17.8 Å². The third-order valence-corrected chi connectivity index (χ3v) is 1.46. The number of nitrogens with one attached hydrogen (secondary N) is 1. The predicted molar refractivity (Wildman–Crippen MR) is 46.7 cm³/mol. The van der Waals surface area contributed by atoms with E-state index in [0.29, 0.717) is 5.69 Å². The summed E-state index contributed by atoms with van der Waals surface area (Å²) in [7, 11) is 0. The first-order valence-corrected chi connectivity index (χ1v) is 4.03. The van der Waals surface area contributed by atoms with Gasteiger partial charge in [-0.05, 0) is 6.92 Å². The second kappa shape index (κ2) is 4.40. The molecule has 6 nitrogen and oxygen atoms in total. The molecule has 0 aliphatic carbocycles. The predicted octanol–water partition coefficient (Wildman–Crippen LogP) is 0.786. The van der Waals surface area contributed by atoms with Crippen LogP contribution in [0.25, 0.3) is 0 Å². The summed E-state index contributed by atoms with van der Waals surface area (Å²) >= 11 is 0. The van der Waals surface area contributed by atoms with Crippen molar-refractivity contribution in [3.63, 3.8) is 0 Å². The highest BCUT2D eigenvalue weighted by molar-refractivity contribution is 5.91. The molecule has 0 fully saturated rings. The number of hydrogen-bond acceptors (Lipinski definition) is 4. The largest absolute Gasteiger partial charge is 0.481 e. The number of aliphatic carboxylic acids is 1. The van der Waals surface area contributed by atoms with Crippen LogP contribution in [0, 0.1) is 6.92 Å². The molecule has 0 atom stereocenters. The number of hydrogen-bond donors (Lipinski definition) is 2. The van der Waals surface area contributed by atoms with Crippen molar-refractivity contribution in [2.75, 3.05) is 5.32 Å². The molecule has 1 rings (SSSR count). The Morgan fingerprint density at radius 3 is 2.79 bits per heavy atom. The van der Waals surface area contributed by atoms with E-state index >= 15 is 0 Å². The normalized spacial score (nSPS) is 9.79. The molecule has 1 aromatic heterocycles. The quantitative estimate of drug-likeness (QED) is 0.745. The zero-order valence-corrected chi connectivity index (χ0v) is 7.61. The minimum absolute atomic E-state index is 0.0743. The Labute approximate surface area is 79.9 Å². The molecule has 14 heavy (non-hydrogen) atoms. The summed E-state index contributed by atoms with van der Waals surface area (Å²) < 4.78 is 4.71. The van der Waals surface area contributed by atoms with Crippen LogP contribution in [0.1, 0.15) is 18.5 Å². The second-order valence-electron chi connectivity index (χ2n) is 2.77. The van der Waals surface area contributed by atoms with E-state index in [1.165, 1.54) is 0 Å². The van der Waals surface area contributed by atoms with Crippen LogP contribution >= 0.6 is 0 Å². The number of aryl methyl sites for hydroxylation is 1. The van der Waals surface area contributed by atoms with Crippen molar-refractivity contribution in [3.8, 4) is 0 Å². The SMILES string of the molecule is Cc1cc(NC(=O)CCC(=O)O)on1. The minimum atomic E-state index is -1.01. The molecule has 0 saturated carbocycles. The van der Waals surface area contributed by atoms with Gasteiger partial charge in [0.25, 0.3) is 0 Å². The van der Waals surface area contributed by atoms with E-state index in [4.69, 9.17) is 9.63 Å². The smallest absolute Gasteiger partial charge is 0.303 e. The van der Waals surface area contributed by atoms with Crippen LogP contribution in [0.3, 0.4) is 0 Å². The summed E-state index contributed by atoms with van der Waals surface area (Å²) in [6.45, 7) is 1.72. The summed E-state index contributed by atoms with van der Waals surface area (Å²) in [6, 6.07) is 1.55. The standard InChI is InChI=1S/C8H10N2O4/c1-5-4-7(14-10-5)9-6(11)2-3-8(12)13/h4H,2-3H2,1H3,(H,9,11)(H,12,13). The first kappa shape index (κ1) is 10.2. The van der Waals surface area contributed by atoms with Crippen LogP contribution in [-0.4, -0.2) is 22.1 Å². The molecule has 0 aromatic carbocycles. The van der Waals surface area contributed by atoms with E-state index in [0.717, 1.165) is 0 Å². The van der Waals surface area contributed by atoms with Gasteiger partial charge in [0, 0.05) is 12.5 Å². The van der Waals surface area contributed by atoms with Gasteiger partial charge in [-0.2, -0.15) is 0 Å². The van der Waals surface area contributed by atoms with Crippen molar-refractivity contribution in [3.05, 3.63) is 11.8 Å². The fourth-order valence-corrected chi connectivity index (χ4v) is 0.843. The number of carbonyl (C=O) groups excluding carboxylic acids is 1. The zero-order chi connectivity index (χ0) is 10.6. The molecular formula is C8H10N2O4. The van der Waals surface area contributed by atoms with Gasteiger partial charge in [0.2, 0.25) is 11.8 Å². The minimum Gasteiger partial charge on any atom is -0.481 e. The van der Waals surface area contributed by atoms with Gasteiger partial charge in [0.1, 0.15) is 0 Å². The monoisotopic (exact) mass is 198 g/mol. The summed E-state index contributed by atoms with van der Waals surface area (Å²) in [5.74, 6) is -1.17. The Balaban J connectivity index is 2.37. The van der Waals surface area contributed by atoms with Crippen LogP contribution in [0.2, 0.25) is 0 Å². The highest BCUT2D eigenvalue weighted by Gasteiger charge is 2.08. The lowest BCUT2D eigenvalue weighted by atomic mass is 10.3. The number of aromatic nitrogens is 1. The first-order chi connectivity index (χ1) is 6.58. The molecule has 1 amide bonds. The fourth-order valence-electron chi connectivity index (χ4n) is 0.843. The molecule has 0 aliphatic rings. The molecule has 1 heterocycles. The van der Waals surface area contributed by atoms with Crippen LogP contribution in [0.4, 0.5) is 5.88 Å². The lowest BCUT2D eigenvalue weighted by molar-refractivity contribution is -0.138. The number of nitrogens with zero attached hydrogens (tertiary/aromatic N) is 1. The van der Waals surface area contributed by atoms with Gasteiger partial charge >= 0.3 is 5.97 Å². The van der Waals surface area contributed by atoms with Crippen molar-refractivity contribution < 1.29 is 19.2 Å². The van der Waals surface area contributed by atoms with Crippen molar-refractivity contribution in [2.24, 2.45) is 0 Å². The molecule has 0 saturated heterocycles. The Hall–Kier alpha value is -1.85. The van der Waals surface area contributed by atoms with Crippen LogP contribution in [0.15, 0.2) is 10.6 Å². The molecule has 1 aromatic rings. The van der Waals surface area contributed by atoms with Crippen molar-refractivity contribution in [1.29, 1.82) is 0 Å². The Morgan fingerprint density at radius 1 is 1.57 bits per heavy atom. The van der Waals surface area contributed by atoms with Gasteiger partial charge in [-0.3, -0.25) is 14.9 Å². The molecule has 0 bridgehead atoms. The Bertz CT molecular complexity index is 345. The number of anilines is 1. The van der Waals surface area contributed by atoms with Crippen LogP contribution in [-0.2, 0) is 9.59 Å². The maximum absolute atomic E-state index is 11.1. The van der Waals surface area contributed by atoms with E-state index in [9.17, 15) is 9.59 Å².